The van der Waals surface area contributed by atoms with Crippen molar-refractivity contribution >= 4 is 45.5 Å². The minimum atomic E-state index is -0.632. The molecule has 0 aliphatic rings. The number of rotatable bonds is 4. The molecule has 1 aromatic heterocycles. The van der Waals surface area contributed by atoms with Crippen LogP contribution in [0.4, 0.5) is 10.7 Å². The van der Waals surface area contributed by atoms with Crippen LogP contribution in [0.2, 0.25) is 5.02 Å². The third-order valence-electron chi connectivity index (χ3n) is 2.63. The largest absolute Gasteiger partial charge is 0.465 e. The molecule has 0 aliphatic carbocycles. The molecular weight excluding hydrogens is 332 g/mol. The minimum absolute atomic E-state index is 0.110. The number of carbonyl (C=O) groups is 2. The summed E-state index contributed by atoms with van der Waals surface area (Å²) in [5, 5.41) is 13.2. The van der Waals surface area contributed by atoms with Crippen LogP contribution in [-0.4, -0.2) is 23.9 Å². The van der Waals surface area contributed by atoms with E-state index < -0.39 is 16.8 Å². The molecule has 0 bridgehead atoms. The van der Waals surface area contributed by atoms with Crippen LogP contribution in [0.1, 0.15) is 20.0 Å². The number of halogens is 1. The van der Waals surface area contributed by atoms with Crippen molar-refractivity contribution in [2.24, 2.45) is 0 Å². The Labute approximate surface area is 133 Å². The van der Waals surface area contributed by atoms with E-state index >= 15 is 0 Å². The lowest BCUT2D eigenvalue weighted by atomic mass is 10.2. The second-order valence-corrected chi connectivity index (χ2v) is 5.50. The zero-order valence-electron chi connectivity index (χ0n) is 11.2. The van der Waals surface area contributed by atoms with E-state index in [1.165, 1.54) is 37.4 Å². The molecule has 22 heavy (non-hydrogen) atoms. The molecule has 1 amide bonds. The number of nitrogens with zero attached hydrogens (tertiary/aromatic N) is 1. The average Bonchev–Trinajstić information content (AvgIpc) is 2.98. The Hall–Kier alpha value is -2.45. The highest BCUT2D eigenvalue weighted by molar-refractivity contribution is 7.17. The number of hydrogen-bond donors (Lipinski definition) is 1. The SMILES string of the molecule is COC(=O)c1cc(NC(=O)c2ccc([N+](=O)[O-])s2)ccc1Cl. The zero-order valence-corrected chi connectivity index (χ0v) is 12.7. The normalized spacial score (nSPS) is 10.1. The summed E-state index contributed by atoms with van der Waals surface area (Å²) in [7, 11) is 1.22. The van der Waals surface area contributed by atoms with Crippen molar-refractivity contribution in [2.75, 3.05) is 12.4 Å². The van der Waals surface area contributed by atoms with Crippen LogP contribution < -0.4 is 5.32 Å². The Balaban J connectivity index is 2.21. The van der Waals surface area contributed by atoms with E-state index in [0.29, 0.717) is 5.69 Å². The van der Waals surface area contributed by atoms with Crippen LogP contribution in [0.5, 0.6) is 0 Å². The van der Waals surface area contributed by atoms with Crippen LogP contribution >= 0.6 is 22.9 Å². The van der Waals surface area contributed by atoms with Gasteiger partial charge in [-0.05, 0) is 24.3 Å². The quantitative estimate of drug-likeness (QED) is 0.522. The number of nitrogens with one attached hydrogen (secondary N) is 1. The number of hydrogen-bond acceptors (Lipinski definition) is 6. The Morgan fingerprint density at radius 1 is 1.32 bits per heavy atom. The first kappa shape index (κ1) is 15.9. The summed E-state index contributed by atoms with van der Waals surface area (Å²) in [4.78, 5) is 33.8. The highest BCUT2D eigenvalue weighted by Crippen LogP contribution is 2.26. The van der Waals surface area contributed by atoms with Gasteiger partial charge in [0, 0.05) is 11.8 Å². The fourth-order valence-corrected chi connectivity index (χ4v) is 2.52. The molecule has 0 radical (unpaired) electrons. The summed E-state index contributed by atoms with van der Waals surface area (Å²) in [6.07, 6.45) is 0. The second-order valence-electron chi connectivity index (χ2n) is 4.04. The molecule has 2 rings (SSSR count). The summed E-state index contributed by atoms with van der Waals surface area (Å²) in [5.74, 6) is -1.15. The van der Waals surface area contributed by atoms with E-state index in [9.17, 15) is 19.7 Å². The van der Waals surface area contributed by atoms with Crippen molar-refractivity contribution in [2.45, 2.75) is 0 Å². The molecule has 0 fully saturated rings. The predicted octanol–water partition coefficient (Wildman–Crippen LogP) is 3.35. The molecule has 1 aromatic carbocycles. The van der Waals surface area contributed by atoms with Gasteiger partial charge in [0.1, 0.15) is 0 Å². The lowest BCUT2D eigenvalue weighted by molar-refractivity contribution is -0.380. The average molecular weight is 341 g/mol. The maximum absolute atomic E-state index is 12.0. The highest BCUT2D eigenvalue weighted by atomic mass is 35.5. The first-order valence-corrected chi connectivity index (χ1v) is 7.05. The summed E-state index contributed by atoms with van der Waals surface area (Å²) >= 11 is 6.63. The van der Waals surface area contributed by atoms with Gasteiger partial charge < -0.3 is 10.1 Å². The van der Waals surface area contributed by atoms with E-state index in [0.717, 1.165) is 11.3 Å². The molecule has 2 aromatic rings. The number of methoxy groups -OCH3 is 1. The number of anilines is 1. The molecule has 9 heteroatoms. The Morgan fingerprint density at radius 3 is 2.64 bits per heavy atom. The number of thiophene rings is 1. The molecule has 114 valence electrons. The number of benzene rings is 1. The van der Waals surface area contributed by atoms with Crippen LogP contribution in [0.25, 0.3) is 0 Å². The van der Waals surface area contributed by atoms with Gasteiger partial charge in [-0.25, -0.2) is 4.79 Å². The monoisotopic (exact) mass is 340 g/mol. The molecule has 7 nitrogen and oxygen atoms in total. The molecule has 0 saturated carbocycles. The molecule has 1 N–H and O–H groups in total. The first-order chi connectivity index (χ1) is 10.4. The molecular formula is C13H9ClN2O5S. The number of amides is 1. The lowest BCUT2D eigenvalue weighted by Gasteiger charge is -2.07. The smallest absolute Gasteiger partial charge is 0.339 e. The predicted molar refractivity (Wildman–Crippen MR) is 81.7 cm³/mol. The third kappa shape index (κ3) is 3.41. The van der Waals surface area contributed by atoms with E-state index in [4.69, 9.17) is 11.6 Å². The summed E-state index contributed by atoms with van der Waals surface area (Å²) < 4.78 is 4.58. The Kier molecular flexibility index (Phi) is 4.74. The van der Waals surface area contributed by atoms with Crippen LogP contribution in [-0.2, 0) is 4.74 Å². The van der Waals surface area contributed by atoms with Crippen molar-refractivity contribution in [1.29, 1.82) is 0 Å². The molecule has 0 unspecified atom stereocenters. The topological polar surface area (TPSA) is 98.5 Å². The van der Waals surface area contributed by atoms with Crippen molar-refractivity contribution in [3.05, 3.63) is 55.9 Å². The number of esters is 1. The highest BCUT2D eigenvalue weighted by Gasteiger charge is 2.17. The van der Waals surface area contributed by atoms with Gasteiger partial charge >= 0.3 is 11.0 Å². The molecule has 0 saturated heterocycles. The van der Waals surface area contributed by atoms with Gasteiger partial charge in [0.05, 0.1) is 27.5 Å². The van der Waals surface area contributed by atoms with Gasteiger partial charge in [-0.1, -0.05) is 22.9 Å². The van der Waals surface area contributed by atoms with E-state index in [2.05, 4.69) is 10.1 Å². The van der Waals surface area contributed by atoms with Gasteiger partial charge in [-0.15, -0.1) is 0 Å². The van der Waals surface area contributed by atoms with Gasteiger partial charge in [-0.2, -0.15) is 0 Å². The number of nitro groups is 1. The van der Waals surface area contributed by atoms with Crippen LogP contribution in [0.3, 0.4) is 0 Å². The Bertz CT molecular complexity index is 759. The summed E-state index contributed by atoms with van der Waals surface area (Å²) in [5.41, 5.74) is 0.435. The van der Waals surface area contributed by atoms with Gasteiger partial charge in [0.2, 0.25) is 0 Å². The third-order valence-corrected chi connectivity index (χ3v) is 3.99. The van der Waals surface area contributed by atoms with Crippen molar-refractivity contribution < 1.29 is 19.2 Å². The minimum Gasteiger partial charge on any atom is -0.465 e. The number of carbonyl (C=O) groups excluding carboxylic acids is 2. The first-order valence-electron chi connectivity index (χ1n) is 5.86. The van der Waals surface area contributed by atoms with E-state index in [1.807, 2.05) is 0 Å². The zero-order chi connectivity index (χ0) is 16.3. The van der Waals surface area contributed by atoms with Crippen molar-refractivity contribution in [3.63, 3.8) is 0 Å². The summed E-state index contributed by atoms with van der Waals surface area (Å²) in [6, 6.07) is 6.93. The van der Waals surface area contributed by atoms with Crippen LogP contribution in [0, 0.1) is 10.1 Å². The van der Waals surface area contributed by atoms with Gasteiger partial charge in [0.15, 0.2) is 0 Å². The van der Waals surface area contributed by atoms with E-state index in [-0.39, 0.29) is 20.5 Å². The second kappa shape index (κ2) is 6.54. The molecule has 0 spiro atoms. The van der Waals surface area contributed by atoms with Gasteiger partial charge in [0.25, 0.3) is 5.91 Å². The fourth-order valence-electron chi connectivity index (χ4n) is 1.61. The van der Waals surface area contributed by atoms with Gasteiger partial charge in [-0.3, -0.25) is 14.9 Å². The maximum atomic E-state index is 12.0. The molecule has 1 heterocycles. The fraction of sp³-hybridized carbons (Fsp3) is 0.0769. The molecule has 0 atom stereocenters. The standard InChI is InChI=1S/C13H9ClN2O5S/c1-21-13(18)8-6-7(2-3-9(8)14)15-12(17)10-4-5-11(22-10)16(19)20/h2-6H,1H3,(H,15,17). The van der Waals surface area contributed by atoms with E-state index in [1.54, 1.807) is 0 Å². The lowest BCUT2D eigenvalue weighted by Crippen LogP contribution is -2.11. The number of ether oxygens (including phenoxy) is 1. The van der Waals surface area contributed by atoms with Crippen molar-refractivity contribution in [1.82, 2.24) is 0 Å². The van der Waals surface area contributed by atoms with Crippen LogP contribution in [0.15, 0.2) is 30.3 Å². The molecule has 0 aliphatic heterocycles. The summed E-state index contributed by atoms with van der Waals surface area (Å²) in [6.45, 7) is 0. The maximum Gasteiger partial charge on any atom is 0.339 e. The Morgan fingerprint density at radius 2 is 2.05 bits per heavy atom. The van der Waals surface area contributed by atoms with Crippen molar-refractivity contribution in [3.8, 4) is 0 Å².